The lowest BCUT2D eigenvalue weighted by atomic mass is 9.85. The molecule has 0 aromatic heterocycles. The number of aliphatic hydroxyl groups is 1. The van der Waals surface area contributed by atoms with Crippen molar-refractivity contribution < 1.29 is 9.84 Å². The van der Waals surface area contributed by atoms with E-state index in [1.165, 1.54) is 11.1 Å². The molecule has 1 atom stereocenters. The van der Waals surface area contributed by atoms with Crippen LogP contribution in [-0.2, 0) is 11.8 Å². The maximum atomic E-state index is 9.54. The topological polar surface area (TPSA) is 29.5 Å². The molecule has 1 aromatic carbocycles. The van der Waals surface area contributed by atoms with Crippen molar-refractivity contribution in [3.05, 3.63) is 29.3 Å². The van der Waals surface area contributed by atoms with Crippen LogP contribution in [0.1, 0.15) is 38.8 Å². The second-order valence-corrected chi connectivity index (χ2v) is 6.20. The minimum absolute atomic E-state index is 0.0415. The van der Waals surface area contributed by atoms with E-state index in [4.69, 9.17) is 4.74 Å². The number of alkyl halides is 1. The van der Waals surface area contributed by atoms with Gasteiger partial charge in [-0.3, -0.25) is 0 Å². The molecule has 0 saturated carbocycles. The first-order valence-electron chi connectivity index (χ1n) is 6.38. The van der Waals surface area contributed by atoms with Crippen LogP contribution >= 0.6 is 15.9 Å². The van der Waals surface area contributed by atoms with Crippen LogP contribution in [-0.4, -0.2) is 23.1 Å². The van der Waals surface area contributed by atoms with Gasteiger partial charge in [-0.2, -0.15) is 0 Å². The Hall–Kier alpha value is -0.540. The summed E-state index contributed by atoms with van der Waals surface area (Å²) in [6.45, 7) is 9.00. The van der Waals surface area contributed by atoms with Crippen molar-refractivity contribution >= 4 is 15.9 Å². The fourth-order valence-electron chi connectivity index (χ4n) is 1.74. The second-order valence-electron chi connectivity index (χ2n) is 5.55. The van der Waals surface area contributed by atoms with Gasteiger partial charge in [0.25, 0.3) is 0 Å². The molecule has 0 bridgehead atoms. The van der Waals surface area contributed by atoms with Gasteiger partial charge in [0.2, 0.25) is 0 Å². The molecule has 1 aromatic rings. The van der Waals surface area contributed by atoms with Crippen molar-refractivity contribution in [1.29, 1.82) is 0 Å². The van der Waals surface area contributed by atoms with Crippen LogP contribution in [0.5, 0.6) is 5.75 Å². The normalized spacial score (nSPS) is 13.4. The third kappa shape index (κ3) is 4.29. The zero-order chi connectivity index (χ0) is 13.8. The Bertz CT molecular complexity index is 383. The number of halogens is 1. The predicted molar refractivity (Wildman–Crippen MR) is 79.8 cm³/mol. The fraction of sp³-hybridized carbons (Fsp3) is 0.600. The quantitative estimate of drug-likeness (QED) is 0.840. The number of ether oxygens (including phenoxy) is 1. The number of aliphatic hydroxyl groups excluding tert-OH is 1. The van der Waals surface area contributed by atoms with Gasteiger partial charge < -0.3 is 9.84 Å². The molecule has 0 radical (unpaired) electrons. The average molecular weight is 315 g/mol. The van der Waals surface area contributed by atoms with Crippen LogP contribution in [0.3, 0.4) is 0 Å². The highest BCUT2D eigenvalue weighted by Gasteiger charge is 2.19. The van der Waals surface area contributed by atoms with Crippen LogP contribution < -0.4 is 4.74 Å². The van der Waals surface area contributed by atoms with Gasteiger partial charge in [0.05, 0.1) is 6.10 Å². The number of aryl methyl sites for hydroxylation is 1. The van der Waals surface area contributed by atoms with Gasteiger partial charge in [-0.05, 0) is 29.0 Å². The molecule has 0 aliphatic rings. The standard InChI is InChI=1S/C15H23BrO2/c1-5-11-6-7-14(18-10-12(17)9-16)13(8-11)15(2,3)4/h6-8,12,17H,5,9-10H2,1-4H3. The smallest absolute Gasteiger partial charge is 0.123 e. The third-order valence-corrected chi connectivity index (χ3v) is 3.62. The Balaban J connectivity index is 2.96. The zero-order valence-corrected chi connectivity index (χ0v) is 13.3. The molecule has 3 heteroatoms. The van der Waals surface area contributed by atoms with Crippen LogP contribution in [0, 0.1) is 0 Å². The van der Waals surface area contributed by atoms with E-state index in [2.05, 4.69) is 55.8 Å². The first-order chi connectivity index (χ1) is 8.38. The largest absolute Gasteiger partial charge is 0.491 e. The molecule has 1 N–H and O–H groups in total. The lowest BCUT2D eigenvalue weighted by Gasteiger charge is -2.24. The Labute approximate surface area is 118 Å². The molecule has 0 amide bonds. The summed E-state index contributed by atoms with van der Waals surface area (Å²) in [5.41, 5.74) is 2.55. The number of benzene rings is 1. The first kappa shape index (κ1) is 15.5. The number of hydrogen-bond acceptors (Lipinski definition) is 2. The van der Waals surface area contributed by atoms with Crippen molar-refractivity contribution in [3.63, 3.8) is 0 Å². The van der Waals surface area contributed by atoms with E-state index in [1.54, 1.807) is 0 Å². The van der Waals surface area contributed by atoms with Crippen LogP contribution in [0.15, 0.2) is 18.2 Å². The first-order valence-corrected chi connectivity index (χ1v) is 7.50. The Morgan fingerprint density at radius 3 is 2.50 bits per heavy atom. The highest BCUT2D eigenvalue weighted by molar-refractivity contribution is 9.09. The van der Waals surface area contributed by atoms with Gasteiger partial charge in [-0.15, -0.1) is 0 Å². The highest BCUT2D eigenvalue weighted by atomic mass is 79.9. The van der Waals surface area contributed by atoms with Gasteiger partial charge in [-0.1, -0.05) is 55.8 Å². The Morgan fingerprint density at radius 1 is 1.33 bits per heavy atom. The average Bonchev–Trinajstić information content (AvgIpc) is 2.34. The van der Waals surface area contributed by atoms with Gasteiger partial charge in [-0.25, -0.2) is 0 Å². The summed E-state index contributed by atoms with van der Waals surface area (Å²) in [5.74, 6) is 0.875. The summed E-state index contributed by atoms with van der Waals surface area (Å²) in [7, 11) is 0. The maximum Gasteiger partial charge on any atom is 0.123 e. The minimum Gasteiger partial charge on any atom is -0.491 e. The molecule has 18 heavy (non-hydrogen) atoms. The summed E-state index contributed by atoms with van der Waals surface area (Å²) in [4.78, 5) is 0. The molecule has 0 aliphatic carbocycles. The van der Waals surface area contributed by atoms with Crippen molar-refractivity contribution in [2.24, 2.45) is 0 Å². The summed E-state index contributed by atoms with van der Waals surface area (Å²) in [5, 5.41) is 10.1. The van der Waals surface area contributed by atoms with E-state index in [0.29, 0.717) is 11.9 Å². The molecular formula is C15H23BrO2. The zero-order valence-electron chi connectivity index (χ0n) is 11.7. The van der Waals surface area contributed by atoms with E-state index in [1.807, 2.05) is 6.07 Å². The van der Waals surface area contributed by atoms with E-state index >= 15 is 0 Å². The van der Waals surface area contributed by atoms with E-state index in [9.17, 15) is 5.11 Å². The van der Waals surface area contributed by atoms with Crippen molar-refractivity contribution in [2.45, 2.75) is 45.6 Å². The van der Waals surface area contributed by atoms with Gasteiger partial charge in [0.15, 0.2) is 0 Å². The van der Waals surface area contributed by atoms with Gasteiger partial charge >= 0.3 is 0 Å². The highest BCUT2D eigenvalue weighted by Crippen LogP contribution is 2.32. The fourth-order valence-corrected chi connectivity index (χ4v) is 1.93. The molecule has 102 valence electrons. The van der Waals surface area contributed by atoms with Crippen LogP contribution in [0.4, 0.5) is 0 Å². The lowest BCUT2D eigenvalue weighted by molar-refractivity contribution is 0.126. The number of hydrogen-bond donors (Lipinski definition) is 1. The Morgan fingerprint density at radius 2 is 2.00 bits per heavy atom. The predicted octanol–water partition coefficient (Wildman–Crippen LogP) is 3.68. The molecule has 0 aliphatic heterocycles. The van der Waals surface area contributed by atoms with E-state index < -0.39 is 6.10 Å². The molecule has 1 unspecified atom stereocenters. The molecule has 2 nitrogen and oxygen atoms in total. The second kappa shape index (κ2) is 6.58. The van der Waals surface area contributed by atoms with Gasteiger partial charge in [0, 0.05) is 5.33 Å². The van der Waals surface area contributed by atoms with Crippen LogP contribution in [0.25, 0.3) is 0 Å². The molecule has 0 fully saturated rings. The molecule has 0 spiro atoms. The lowest BCUT2D eigenvalue weighted by Crippen LogP contribution is -2.21. The molecular weight excluding hydrogens is 292 g/mol. The minimum atomic E-state index is -0.469. The Kier molecular flexibility index (Phi) is 5.67. The summed E-state index contributed by atoms with van der Waals surface area (Å²) in [6.07, 6.45) is 0.552. The van der Waals surface area contributed by atoms with E-state index in [-0.39, 0.29) is 5.41 Å². The molecule has 0 saturated heterocycles. The third-order valence-electron chi connectivity index (χ3n) is 2.87. The number of rotatable bonds is 5. The van der Waals surface area contributed by atoms with Crippen LogP contribution in [0.2, 0.25) is 0 Å². The summed E-state index contributed by atoms with van der Waals surface area (Å²) < 4.78 is 5.74. The summed E-state index contributed by atoms with van der Waals surface area (Å²) >= 11 is 3.24. The van der Waals surface area contributed by atoms with Crippen molar-refractivity contribution in [2.75, 3.05) is 11.9 Å². The maximum absolute atomic E-state index is 9.54. The van der Waals surface area contributed by atoms with E-state index in [0.717, 1.165) is 12.2 Å². The van der Waals surface area contributed by atoms with Crippen molar-refractivity contribution in [3.8, 4) is 5.75 Å². The summed E-state index contributed by atoms with van der Waals surface area (Å²) in [6, 6.07) is 6.31. The van der Waals surface area contributed by atoms with Crippen molar-refractivity contribution in [1.82, 2.24) is 0 Å². The van der Waals surface area contributed by atoms with Gasteiger partial charge in [0.1, 0.15) is 12.4 Å². The molecule has 0 heterocycles. The SMILES string of the molecule is CCc1ccc(OCC(O)CBr)c(C(C)(C)C)c1. The monoisotopic (exact) mass is 314 g/mol. The molecule has 1 rings (SSSR count).